The molecule has 1 spiro atoms. The number of carbonyl (C=O) groups is 3. The van der Waals surface area contributed by atoms with E-state index in [9.17, 15) is 19.5 Å². The Labute approximate surface area is 159 Å². The third kappa shape index (κ3) is 1.61. The maximum atomic E-state index is 14.1. The van der Waals surface area contributed by atoms with Gasteiger partial charge in [0.2, 0.25) is 5.91 Å². The van der Waals surface area contributed by atoms with Gasteiger partial charge in [-0.3, -0.25) is 19.7 Å². The minimum absolute atomic E-state index is 0.160. The standard InChI is InChI=1S/C22H27NO4/c1-11-4-7-14-13(10-11)6-9-15-16-8-5-12(2)22(27)19(26)23-18(25)21(16,22)17(24)20(14,15)3/h5-6,8-9,11-16,27H,4,7,10H2,1-3H3,(H,23,25,26)/t11-,12-,13-,14-,15+,16+,20+,21-,22-/m1/s1. The summed E-state index contributed by atoms with van der Waals surface area (Å²) in [5.74, 6) is -1.65. The minimum Gasteiger partial charge on any atom is -0.378 e. The van der Waals surface area contributed by atoms with Crippen LogP contribution in [0.1, 0.15) is 40.0 Å². The predicted molar refractivity (Wildman–Crippen MR) is 98.1 cm³/mol. The first-order valence-electron chi connectivity index (χ1n) is 10.2. The highest BCUT2D eigenvalue weighted by molar-refractivity contribution is 6.25. The minimum atomic E-state index is -1.99. The Morgan fingerprint density at radius 2 is 1.70 bits per heavy atom. The Bertz CT molecular complexity index is 830. The fourth-order valence-electron chi connectivity index (χ4n) is 7.34. The molecule has 1 heterocycles. The van der Waals surface area contributed by atoms with Crippen molar-refractivity contribution in [2.45, 2.75) is 45.6 Å². The first kappa shape index (κ1) is 17.4. The molecule has 0 aromatic heterocycles. The zero-order valence-corrected chi connectivity index (χ0v) is 16.1. The second-order valence-electron chi connectivity index (χ2n) is 9.77. The van der Waals surface area contributed by atoms with E-state index in [0.29, 0.717) is 11.8 Å². The number of carbonyl (C=O) groups excluding carboxylic acids is 3. The second-order valence-corrected chi connectivity index (χ2v) is 9.77. The van der Waals surface area contributed by atoms with Crippen molar-refractivity contribution < 1.29 is 19.5 Å². The molecule has 0 radical (unpaired) electrons. The second kappa shape index (κ2) is 4.99. The number of ketones is 1. The Balaban J connectivity index is 1.73. The molecule has 1 aliphatic heterocycles. The number of imide groups is 1. The third-order valence-corrected chi connectivity index (χ3v) is 8.72. The fourth-order valence-corrected chi connectivity index (χ4v) is 7.34. The lowest BCUT2D eigenvalue weighted by Gasteiger charge is -2.48. The van der Waals surface area contributed by atoms with Crippen LogP contribution in [0.5, 0.6) is 0 Å². The van der Waals surface area contributed by atoms with E-state index < -0.39 is 40.1 Å². The molecular weight excluding hydrogens is 342 g/mol. The van der Waals surface area contributed by atoms with E-state index in [1.165, 1.54) is 0 Å². The number of fused-ring (bicyclic) bond motifs is 4. The summed E-state index contributed by atoms with van der Waals surface area (Å²) in [6.45, 7) is 5.95. The largest absolute Gasteiger partial charge is 0.378 e. The van der Waals surface area contributed by atoms with Crippen molar-refractivity contribution in [3.05, 3.63) is 24.3 Å². The van der Waals surface area contributed by atoms with Gasteiger partial charge in [-0.05, 0) is 36.5 Å². The van der Waals surface area contributed by atoms with E-state index in [1.54, 1.807) is 6.92 Å². The summed E-state index contributed by atoms with van der Waals surface area (Å²) in [5.41, 5.74) is -4.42. The van der Waals surface area contributed by atoms with E-state index in [2.05, 4.69) is 24.4 Å². The van der Waals surface area contributed by atoms with Crippen molar-refractivity contribution in [2.75, 3.05) is 0 Å². The van der Waals surface area contributed by atoms with Gasteiger partial charge in [-0.15, -0.1) is 0 Å². The smallest absolute Gasteiger partial charge is 0.260 e. The highest BCUT2D eigenvalue weighted by Gasteiger charge is 2.83. The molecule has 0 aromatic carbocycles. The average molecular weight is 369 g/mol. The lowest BCUT2D eigenvalue weighted by molar-refractivity contribution is -0.170. The van der Waals surface area contributed by atoms with Crippen LogP contribution in [0.3, 0.4) is 0 Å². The molecule has 2 amide bonds. The van der Waals surface area contributed by atoms with E-state index in [4.69, 9.17) is 0 Å². The Morgan fingerprint density at radius 1 is 1.00 bits per heavy atom. The molecule has 5 nitrogen and oxygen atoms in total. The van der Waals surface area contributed by atoms with Gasteiger partial charge < -0.3 is 5.11 Å². The van der Waals surface area contributed by atoms with Gasteiger partial charge in [0.15, 0.2) is 16.8 Å². The van der Waals surface area contributed by atoms with Gasteiger partial charge >= 0.3 is 0 Å². The summed E-state index contributed by atoms with van der Waals surface area (Å²) >= 11 is 0. The number of hydrogen-bond donors (Lipinski definition) is 2. The van der Waals surface area contributed by atoms with Gasteiger partial charge in [0, 0.05) is 17.3 Å². The number of nitrogens with one attached hydrogen (secondary N) is 1. The van der Waals surface area contributed by atoms with Crippen LogP contribution >= 0.6 is 0 Å². The highest BCUT2D eigenvalue weighted by atomic mass is 16.3. The first-order valence-corrected chi connectivity index (χ1v) is 10.2. The van der Waals surface area contributed by atoms with Gasteiger partial charge in [-0.1, -0.05) is 51.5 Å². The normalized spacial score (nSPS) is 55.6. The molecule has 2 saturated carbocycles. The molecular formula is C22H27NO4. The van der Waals surface area contributed by atoms with Crippen molar-refractivity contribution in [3.8, 4) is 0 Å². The van der Waals surface area contributed by atoms with Gasteiger partial charge in [0.1, 0.15) is 0 Å². The molecule has 0 aromatic rings. The van der Waals surface area contributed by atoms with Crippen molar-refractivity contribution in [3.63, 3.8) is 0 Å². The molecule has 0 unspecified atom stereocenters. The topological polar surface area (TPSA) is 83.5 Å². The van der Waals surface area contributed by atoms with Crippen LogP contribution in [-0.2, 0) is 14.4 Å². The van der Waals surface area contributed by atoms with Crippen molar-refractivity contribution in [1.82, 2.24) is 5.32 Å². The molecule has 9 atom stereocenters. The summed E-state index contributed by atoms with van der Waals surface area (Å²) in [6, 6.07) is 0. The molecule has 5 aliphatic rings. The van der Waals surface area contributed by atoms with Crippen molar-refractivity contribution >= 4 is 17.6 Å². The van der Waals surface area contributed by atoms with Crippen LogP contribution < -0.4 is 5.32 Å². The lowest BCUT2D eigenvalue weighted by Crippen LogP contribution is -2.62. The van der Waals surface area contributed by atoms with Gasteiger partial charge in [-0.2, -0.15) is 0 Å². The van der Waals surface area contributed by atoms with Crippen LogP contribution in [-0.4, -0.2) is 28.3 Å². The fraction of sp³-hybridized carbons (Fsp3) is 0.682. The maximum Gasteiger partial charge on any atom is 0.260 e. The Hall–Kier alpha value is -1.75. The summed E-state index contributed by atoms with van der Waals surface area (Å²) in [6.07, 6.45) is 11.1. The average Bonchev–Trinajstić information content (AvgIpc) is 2.96. The number of aliphatic hydroxyl groups is 1. The molecule has 5 heteroatoms. The van der Waals surface area contributed by atoms with Gasteiger partial charge in [0.05, 0.1) is 0 Å². The van der Waals surface area contributed by atoms with Crippen LogP contribution in [0.4, 0.5) is 0 Å². The van der Waals surface area contributed by atoms with Gasteiger partial charge in [0.25, 0.3) is 5.91 Å². The molecule has 4 aliphatic carbocycles. The van der Waals surface area contributed by atoms with E-state index in [0.717, 1.165) is 19.3 Å². The van der Waals surface area contributed by atoms with E-state index >= 15 is 0 Å². The highest BCUT2D eigenvalue weighted by Crippen LogP contribution is 2.69. The number of rotatable bonds is 0. The predicted octanol–water partition coefficient (Wildman–Crippen LogP) is 2.01. The van der Waals surface area contributed by atoms with E-state index in [-0.39, 0.29) is 17.6 Å². The third-order valence-electron chi connectivity index (χ3n) is 8.72. The molecule has 5 rings (SSSR count). The number of hydrogen-bond acceptors (Lipinski definition) is 4. The zero-order chi connectivity index (χ0) is 19.4. The molecule has 1 saturated heterocycles. The molecule has 2 N–H and O–H groups in total. The molecule has 3 fully saturated rings. The van der Waals surface area contributed by atoms with Crippen LogP contribution in [0.15, 0.2) is 24.3 Å². The molecule has 27 heavy (non-hydrogen) atoms. The zero-order valence-electron chi connectivity index (χ0n) is 16.1. The van der Waals surface area contributed by atoms with Crippen LogP contribution in [0, 0.1) is 46.3 Å². The summed E-state index contributed by atoms with van der Waals surface area (Å²) in [7, 11) is 0. The van der Waals surface area contributed by atoms with E-state index in [1.807, 2.05) is 19.1 Å². The van der Waals surface area contributed by atoms with Crippen LogP contribution in [0.25, 0.3) is 0 Å². The summed E-state index contributed by atoms with van der Waals surface area (Å²) in [5, 5.41) is 13.8. The van der Waals surface area contributed by atoms with Crippen LogP contribution in [0.2, 0.25) is 0 Å². The first-order chi connectivity index (χ1) is 12.7. The SMILES string of the molecule is C[C@@H]1CC[C@@H]2[C@H](C=C[C@H]3[C@@H]4C=C[C@@H](C)[C@@]5(O)C(=O)NC(=O)[C@]45C(=O)[C@@]23C)C1. The maximum absolute atomic E-state index is 14.1. The number of amides is 2. The summed E-state index contributed by atoms with van der Waals surface area (Å²) in [4.78, 5) is 39.9. The lowest BCUT2D eigenvalue weighted by atomic mass is 9.55. The number of Topliss-reactive ketones (excluding diaryl/α,β-unsaturated/α-hetero) is 1. The molecule has 144 valence electrons. The van der Waals surface area contributed by atoms with Gasteiger partial charge in [-0.25, -0.2) is 0 Å². The Kier molecular flexibility index (Phi) is 3.21. The number of allylic oxidation sites excluding steroid dienone is 3. The van der Waals surface area contributed by atoms with Crippen molar-refractivity contribution in [1.29, 1.82) is 0 Å². The summed E-state index contributed by atoms with van der Waals surface area (Å²) < 4.78 is 0. The quantitative estimate of drug-likeness (QED) is 0.389. The Morgan fingerprint density at radius 3 is 2.44 bits per heavy atom. The monoisotopic (exact) mass is 369 g/mol. The van der Waals surface area contributed by atoms with Crippen molar-refractivity contribution in [2.24, 2.45) is 46.3 Å². The molecule has 0 bridgehead atoms.